The average Bonchev–Trinajstić information content (AvgIpc) is 1.82. The van der Waals surface area contributed by atoms with Crippen molar-refractivity contribution in [3.05, 3.63) is 0 Å². The highest BCUT2D eigenvalue weighted by Gasteiger charge is 2.23. The van der Waals surface area contributed by atoms with Crippen LogP contribution >= 0.6 is 0 Å². The van der Waals surface area contributed by atoms with Crippen LogP contribution in [0.15, 0.2) is 0 Å². The van der Waals surface area contributed by atoms with Crippen LogP contribution in [0.3, 0.4) is 0 Å². The molecule has 1 aliphatic heterocycles. The number of urea groups is 1. The van der Waals surface area contributed by atoms with Crippen LogP contribution in [0.25, 0.3) is 0 Å². The zero-order valence-electron chi connectivity index (χ0n) is 6.14. The molecule has 56 valence electrons. The number of hydrogen-bond donors (Lipinski definition) is 2. The normalized spacial score (nSPS) is 26.6. The number of rotatable bonds is 0. The minimum atomic E-state index is -0.177. The van der Waals surface area contributed by atoms with E-state index in [1.54, 1.807) is 11.9 Å². The largest absolute Gasteiger partial charge is 0.324 e. The summed E-state index contributed by atoms with van der Waals surface area (Å²) in [4.78, 5) is 12.5. The Morgan fingerprint density at radius 1 is 1.80 bits per heavy atom. The molecule has 2 amide bonds. The lowest BCUT2D eigenvalue weighted by atomic mass is 10.2. The molecule has 10 heavy (non-hydrogen) atoms. The lowest BCUT2D eigenvalue weighted by molar-refractivity contribution is 0.194. The Bertz CT molecular complexity index is 178. The molecule has 0 saturated carbocycles. The summed E-state index contributed by atoms with van der Waals surface area (Å²) >= 11 is 0. The van der Waals surface area contributed by atoms with Crippen molar-refractivity contribution >= 4 is 11.9 Å². The molecule has 1 heterocycles. The molecule has 1 aliphatic rings. The predicted molar refractivity (Wildman–Crippen MR) is 38.1 cm³/mol. The van der Waals surface area contributed by atoms with Crippen molar-refractivity contribution in [3.63, 3.8) is 0 Å². The van der Waals surface area contributed by atoms with Gasteiger partial charge >= 0.3 is 6.03 Å². The smallest absolute Gasteiger partial charge is 0.322 e. The molecule has 0 aromatic carbocycles. The van der Waals surface area contributed by atoms with Gasteiger partial charge in [-0.1, -0.05) is 0 Å². The maximum atomic E-state index is 10.9. The van der Waals surface area contributed by atoms with Crippen molar-refractivity contribution < 1.29 is 4.79 Å². The van der Waals surface area contributed by atoms with Gasteiger partial charge in [0.15, 0.2) is 0 Å². The van der Waals surface area contributed by atoms with Gasteiger partial charge in [0.25, 0.3) is 0 Å². The molecule has 0 spiro atoms. The van der Waals surface area contributed by atoms with Gasteiger partial charge in [-0.2, -0.15) is 0 Å². The second-order valence-corrected chi connectivity index (χ2v) is 2.57. The van der Waals surface area contributed by atoms with E-state index in [0.29, 0.717) is 12.3 Å². The fourth-order valence-electron chi connectivity index (χ4n) is 0.901. The quantitative estimate of drug-likeness (QED) is 0.504. The third-order valence-corrected chi connectivity index (χ3v) is 1.74. The molecule has 0 radical (unpaired) electrons. The van der Waals surface area contributed by atoms with Crippen LogP contribution in [0.5, 0.6) is 0 Å². The maximum Gasteiger partial charge on any atom is 0.322 e. The second kappa shape index (κ2) is 2.28. The van der Waals surface area contributed by atoms with Crippen LogP contribution in [0.4, 0.5) is 4.79 Å². The Labute approximate surface area is 59.7 Å². The number of carbonyl (C=O) groups is 1. The highest BCUT2D eigenvalue weighted by molar-refractivity contribution is 5.98. The number of hydrogen-bond acceptors (Lipinski definition) is 2. The summed E-state index contributed by atoms with van der Waals surface area (Å²) in [5.74, 6) is 0.315. The van der Waals surface area contributed by atoms with Crippen LogP contribution in [0, 0.1) is 5.41 Å². The molecule has 1 atom stereocenters. The summed E-state index contributed by atoms with van der Waals surface area (Å²) in [6, 6.07) is -0.0231. The third kappa shape index (κ3) is 1.10. The van der Waals surface area contributed by atoms with E-state index < -0.39 is 0 Å². The van der Waals surface area contributed by atoms with Gasteiger partial charge < -0.3 is 4.90 Å². The summed E-state index contributed by atoms with van der Waals surface area (Å²) in [5.41, 5.74) is 0. The van der Waals surface area contributed by atoms with Crippen LogP contribution in [0.2, 0.25) is 0 Å². The first-order valence-electron chi connectivity index (χ1n) is 3.22. The van der Waals surface area contributed by atoms with Gasteiger partial charge in [0.2, 0.25) is 0 Å². The van der Waals surface area contributed by atoms with E-state index in [1.165, 1.54) is 0 Å². The minimum Gasteiger partial charge on any atom is -0.324 e. The molecule has 0 aliphatic carbocycles. The Hall–Kier alpha value is -1.06. The van der Waals surface area contributed by atoms with Crippen LogP contribution in [0.1, 0.15) is 13.3 Å². The monoisotopic (exact) mass is 141 g/mol. The van der Waals surface area contributed by atoms with Crippen molar-refractivity contribution in [2.24, 2.45) is 0 Å². The Balaban J connectivity index is 2.66. The summed E-state index contributed by atoms with van der Waals surface area (Å²) in [6.07, 6.45) is 0.627. The van der Waals surface area contributed by atoms with Gasteiger partial charge in [-0.15, -0.1) is 0 Å². The van der Waals surface area contributed by atoms with Crippen molar-refractivity contribution in [1.82, 2.24) is 10.2 Å². The van der Waals surface area contributed by atoms with Crippen LogP contribution < -0.4 is 5.32 Å². The standard InChI is InChI=1S/C6H11N3O/c1-4-3-5(7)8-6(10)9(4)2/h4H,3H2,1-2H3,(H2,7,8,10). The lowest BCUT2D eigenvalue weighted by Gasteiger charge is -2.30. The van der Waals surface area contributed by atoms with E-state index in [2.05, 4.69) is 5.32 Å². The molecule has 1 fully saturated rings. The Morgan fingerprint density at radius 3 is 2.90 bits per heavy atom. The van der Waals surface area contributed by atoms with Crippen molar-refractivity contribution in [2.75, 3.05) is 7.05 Å². The highest BCUT2D eigenvalue weighted by Crippen LogP contribution is 2.06. The molecule has 4 nitrogen and oxygen atoms in total. The molecule has 0 aromatic heterocycles. The van der Waals surface area contributed by atoms with E-state index in [-0.39, 0.29) is 12.1 Å². The minimum absolute atomic E-state index is 0.154. The molecule has 2 N–H and O–H groups in total. The number of nitrogens with zero attached hydrogens (tertiary/aromatic N) is 1. The van der Waals surface area contributed by atoms with E-state index in [9.17, 15) is 4.79 Å². The van der Waals surface area contributed by atoms with Gasteiger partial charge in [0, 0.05) is 19.5 Å². The van der Waals surface area contributed by atoms with E-state index in [1.807, 2.05) is 6.92 Å². The van der Waals surface area contributed by atoms with E-state index in [0.717, 1.165) is 0 Å². The molecular formula is C6H11N3O. The lowest BCUT2D eigenvalue weighted by Crippen LogP contribution is -2.51. The fourth-order valence-corrected chi connectivity index (χ4v) is 0.901. The number of amides is 2. The molecule has 4 heteroatoms. The Morgan fingerprint density at radius 2 is 2.40 bits per heavy atom. The molecule has 0 bridgehead atoms. The summed E-state index contributed by atoms with van der Waals surface area (Å²) in [6.45, 7) is 1.92. The maximum absolute atomic E-state index is 10.9. The van der Waals surface area contributed by atoms with Gasteiger partial charge in [-0.3, -0.25) is 10.7 Å². The summed E-state index contributed by atoms with van der Waals surface area (Å²) < 4.78 is 0. The molecule has 1 saturated heterocycles. The molecular weight excluding hydrogens is 130 g/mol. The van der Waals surface area contributed by atoms with Gasteiger partial charge in [-0.25, -0.2) is 4.79 Å². The van der Waals surface area contributed by atoms with Crippen molar-refractivity contribution in [2.45, 2.75) is 19.4 Å². The third-order valence-electron chi connectivity index (χ3n) is 1.74. The first kappa shape index (κ1) is 7.05. The van der Waals surface area contributed by atoms with Crippen LogP contribution in [-0.2, 0) is 0 Å². The molecule has 0 aromatic rings. The number of carbonyl (C=O) groups excluding carboxylic acids is 1. The zero-order valence-corrected chi connectivity index (χ0v) is 6.14. The molecule has 1 unspecified atom stereocenters. The van der Waals surface area contributed by atoms with Gasteiger partial charge in [-0.05, 0) is 6.92 Å². The predicted octanol–water partition coefficient (Wildman–Crippen LogP) is 0.397. The van der Waals surface area contributed by atoms with Gasteiger partial charge in [0.05, 0.1) is 0 Å². The molecule has 1 rings (SSSR count). The number of nitrogens with one attached hydrogen (secondary N) is 2. The zero-order chi connectivity index (χ0) is 7.72. The average molecular weight is 141 g/mol. The van der Waals surface area contributed by atoms with Gasteiger partial charge in [0.1, 0.15) is 5.84 Å². The highest BCUT2D eigenvalue weighted by atomic mass is 16.2. The summed E-state index contributed by atoms with van der Waals surface area (Å²) in [5, 5.41) is 9.61. The van der Waals surface area contributed by atoms with Crippen LogP contribution in [-0.4, -0.2) is 29.9 Å². The Kier molecular flexibility index (Phi) is 1.61. The first-order chi connectivity index (χ1) is 4.61. The SMILES string of the molecule is CC1CC(=N)NC(=O)N1C. The fraction of sp³-hybridized carbons (Fsp3) is 0.667. The topological polar surface area (TPSA) is 56.2 Å². The van der Waals surface area contributed by atoms with E-state index in [4.69, 9.17) is 5.41 Å². The van der Waals surface area contributed by atoms with E-state index >= 15 is 0 Å². The van der Waals surface area contributed by atoms with Crippen molar-refractivity contribution in [3.8, 4) is 0 Å². The second-order valence-electron chi connectivity index (χ2n) is 2.57. The number of amidine groups is 1. The van der Waals surface area contributed by atoms with Crippen molar-refractivity contribution in [1.29, 1.82) is 5.41 Å². The summed E-state index contributed by atoms with van der Waals surface area (Å²) in [7, 11) is 1.73. The first-order valence-corrected chi connectivity index (χ1v) is 3.22.